The van der Waals surface area contributed by atoms with Crippen molar-refractivity contribution in [3.05, 3.63) is 250 Å². The van der Waals surface area contributed by atoms with Crippen molar-refractivity contribution in [3.63, 3.8) is 0 Å². The molecular formula is C60H34O2. The molecule has 2 heteroatoms. The van der Waals surface area contributed by atoms with E-state index in [2.05, 4.69) is 182 Å². The number of benzene rings is 9. The van der Waals surface area contributed by atoms with Gasteiger partial charge in [0.05, 0.1) is 0 Å². The first-order chi connectivity index (χ1) is 30.5. The first kappa shape index (κ1) is 34.6. The zero-order chi connectivity index (χ0) is 41.2. The summed E-state index contributed by atoms with van der Waals surface area (Å²) in [7, 11) is 0. The maximum atomic E-state index is 7.32. The summed E-state index contributed by atoms with van der Waals surface area (Å²) in [5.41, 5.74) is 15.0. The molecule has 2 unspecified atom stereocenters. The van der Waals surface area contributed by atoms with Gasteiger partial charge in [-0.05, 0) is 145 Å². The van der Waals surface area contributed by atoms with Gasteiger partial charge in [0.1, 0.15) is 11.5 Å². The summed E-state index contributed by atoms with van der Waals surface area (Å²) in [5.74, 6) is 7.32. The standard InChI is InChI=1S/C60H34O2/c1-3-37-24-26-57-49(28-37)51(35-59(61-57)53-22-11-9-20-45(53)47-31-39-14-5-7-16-41(39)33-55(47)59)43-18-13-19-44(30-43)52-36-60(62-58-27-25-38(4-2)29-50(52)58)54-23-12-10-21-46(54)48-32-40-15-6-8-17-42(40)34-56(48)60/h1-2,5-36H. The van der Waals surface area contributed by atoms with E-state index < -0.39 is 11.2 Å². The lowest BCUT2D eigenvalue weighted by atomic mass is 9.80. The fourth-order valence-corrected chi connectivity index (χ4v) is 10.6. The average Bonchev–Trinajstić information content (AvgIpc) is 3.73. The molecule has 0 saturated heterocycles. The predicted molar refractivity (Wildman–Crippen MR) is 251 cm³/mol. The van der Waals surface area contributed by atoms with Crippen LogP contribution < -0.4 is 9.47 Å². The van der Waals surface area contributed by atoms with Gasteiger partial charge in [-0.15, -0.1) is 12.8 Å². The molecule has 2 aliphatic carbocycles. The van der Waals surface area contributed by atoms with Gasteiger partial charge in [-0.2, -0.15) is 0 Å². The summed E-state index contributed by atoms with van der Waals surface area (Å²) in [6.07, 6.45) is 16.8. The van der Waals surface area contributed by atoms with Crippen molar-refractivity contribution >= 4 is 32.7 Å². The van der Waals surface area contributed by atoms with E-state index in [1.54, 1.807) is 0 Å². The van der Waals surface area contributed by atoms with E-state index in [4.69, 9.17) is 22.3 Å². The molecular weight excluding hydrogens is 753 g/mol. The van der Waals surface area contributed by atoms with E-state index in [-0.39, 0.29) is 0 Å². The largest absolute Gasteiger partial charge is 0.473 e. The fourth-order valence-electron chi connectivity index (χ4n) is 10.6. The van der Waals surface area contributed by atoms with Crippen molar-refractivity contribution in [2.24, 2.45) is 0 Å². The third kappa shape index (κ3) is 4.73. The molecule has 0 bridgehead atoms. The second-order valence-corrected chi connectivity index (χ2v) is 16.7. The predicted octanol–water partition coefficient (Wildman–Crippen LogP) is 13.5. The van der Waals surface area contributed by atoms with Crippen LogP contribution in [0.5, 0.6) is 11.5 Å². The molecule has 13 rings (SSSR count). The second kappa shape index (κ2) is 12.6. The van der Waals surface area contributed by atoms with Crippen LogP contribution >= 0.6 is 0 Å². The van der Waals surface area contributed by atoms with E-state index in [9.17, 15) is 0 Å². The van der Waals surface area contributed by atoms with Gasteiger partial charge < -0.3 is 9.47 Å². The molecule has 2 heterocycles. The third-order valence-electron chi connectivity index (χ3n) is 13.4. The smallest absolute Gasteiger partial charge is 0.179 e. The molecule has 2 nitrogen and oxygen atoms in total. The number of terminal acetylenes is 2. The summed E-state index contributed by atoms with van der Waals surface area (Å²) < 4.78 is 14.6. The normalized spacial score (nSPS) is 18.2. The number of rotatable bonds is 2. The first-order valence-corrected chi connectivity index (χ1v) is 21.0. The maximum Gasteiger partial charge on any atom is 0.179 e. The van der Waals surface area contributed by atoms with Gasteiger partial charge in [-0.25, -0.2) is 0 Å². The second-order valence-electron chi connectivity index (χ2n) is 16.7. The molecule has 9 aromatic carbocycles. The van der Waals surface area contributed by atoms with Crippen molar-refractivity contribution < 1.29 is 9.47 Å². The third-order valence-corrected chi connectivity index (χ3v) is 13.4. The zero-order valence-corrected chi connectivity index (χ0v) is 33.4. The highest BCUT2D eigenvalue weighted by Crippen LogP contribution is 2.58. The highest BCUT2D eigenvalue weighted by molar-refractivity contribution is 5.99. The SMILES string of the molecule is C#Cc1ccc2c(c1)C(c1cccc(C3=CC4(Oc5ccc(C#C)cc53)c3ccccc3-c3cc5ccccc5cc34)c1)=CC1(O2)c2ccccc2-c2cc3ccccc3cc21. The summed E-state index contributed by atoms with van der Waals surface area (Å²) in [4.78, 5) is 0. The maximum absolute atomic E-state index is 7.32. The molecule has 0 N–H and O–H groups in total. The highest BCUT2D eigenvalue weighted by Gasteiger charge is 2.49. The Morgan fingerprint density at radius 1 is 0.339 bits per heavy atom. The van der Waals surface area contributed by atoms with Crippen molar-refractivity contribution in [2.75, 3.05) is 0 Å². The average molecular weight is 787 g/mol. The van der Waals surface area contributed by atoms with Gasteiger partial charge >= 0.3 is 0 Å². The van der Waals surface area contributed by atoms with Crippen molar-refractivity contribution in [3.8, 4) is 58.4 Å². The molecule has 62 heavy (non-hydrogen) atoms. The lowest BCUT2D eigenvalue weighted by molar-refractivity contribution is 0.165. The number of fused-ring (bicyclic) bond motifs is 14. The summed E-state index contributed by atoms with van der Waals surface area (Å²) >= 11 is 0. The number of hydrogen-bond donors (Lipinski definition) is 0. The Morgan fingerprint density at radius 2 is 0.758 bits per heavy atom. The van der Waals surface area contributed by atoms with Gasteiger partial charge in [0.25, 0.3) is 0 Å². The summed E-state index contributed by atoms with van der Waals surface area (Å²) in [6.45, 7) is 0. The van der Waals surface area contributed by atoms with Gasteiger partial charge in [-0.1, -0.05) is 127 Å². The quantitative estimate of drug-likeness (QED) is 0.163. The van der Waals surface area contributed by atoms with Crippen molar-refractivity contribution in [1.82, 2.24) is 0 Å². The van der Waals surface area contributed by atoms with E-state index >= 15 is 0 Å². The fraction of sp³-hybridized carbons (Fsp3) is 0.0333. The van der Waals surface area contributed by atoms with Crippen LogP contribution in [0.1, 0.15) is 55.6 Å². The highest BCUT2D eigenvalue weighted by atomic mass is 16.5. The lowest BCUT2D eigenvalue weighted by Gasteiger charge is -2.37. The molecule has 0 amide bonds. The van der Waals surface area contributed by atoms with E-state index in [0.717, 1.165) is 78.3 Å². The van der Waals surface area contributed by atoms with E-state index in [1.807, 2.05) is 24.3 Å². The van der Waals surface area contributed by atoms with Crippen LogP contribution in [0.25, 0.3) is 54.9 Å². The monoisotopic (exact) mass is 786 g/mol. The van der Waals surface area contributed by atoms with Gasteiger partial charge in [0, 0.05) is 44.5 Å². The lowest BCUT2D eigenvalue weighted by Crippen LogP contribution is -2.33. The van der Waals surface area contributed by atoms with Crippen LogP contribution in [0.4, 0.5) is 0 Å². The van der Waals surface area contributed by atoms with Crippen molar-refractivity contribution in [2.45, 2.75) is 11.2 Å². The molecule has 286 valence electrons. The molecule has 2 aliphatic heterocycles. The van der Waals surface area contributed by atoms with E-state index in [1.165, 1.54) is 43.8 Å². The Balaban J connectivity index is 1.06. The Hall–Kier alpha value is -8.30. The Morgan fingerprint density at radius 3 is 1.21 bits per heavy atom. The van der Waals surface area contributed by atoms with Crippen LogP contribution in [0, 0.1) is 24.7 Å². The Labute approximate surface area is 360 Å². The minimum Gasteiger partial charge on any atom is -0.473 e. The molecule has 0 fully saturated rings. The van der Waals surface area contributed by atoms with Gasteiger partial charge in [0.2, 0.25) is 0 Å². The van der Waals surface area contributed by atoms with E-state index in [0.29, 0.717) is 0 Å². The molecule has 0 aromatic heterocycles. The minimum absolute atomic E-state index is 0.780. The summed E-state index contributed by atoms with van der Waals surface area (Å²) in [5, 5.41) is 4.73. The van der Waals surface area contributed by atoms with Crippen LogP contribution in [0.15, 0.2) is 194 Å². The van der Waals surface area contributed by atoms with Crippen LogP contribution in [-0.2, 0) is 11.2 Å². The Kier molecular flexibility index (Phi) is 7.03. The molecule has 9 aromatic rings. The van der Waals surface area contributed by atoms with Crippen LogP contribution in [-0.4, -0.2) is 0 Å². The molecule has 0 saturated carbocycles. The zero-order valence-electron chi connectivity index (χ0n) is 33.4. The molecule has 2 atom stereocenters. The first-order valence-electron chi connectivity index (χ1n) is 21.0. The molecule has 4 aliphatic rings. The van der Waals surface area contributed by atoms with Crippen LogP contribution in [0.3, 0.4) is 0 Å². The number of ether oxygens (including phenoxy) is 2. The van der Waals surface area contributed by atoms with Crippen molar-refractivity contribution in [1.29, 1.82) is 0 Å². The topological polar surface area (TPSA) is 18.5 Å². The molecule has 2 spiro atoms. The number of hydrogen-bond acceptors (Lipinski definition) is 2. The minimum atomic E-state index is -0.887. The van der Waals surface area contributed by atoms with Gasteiger partial charge in [-0.3, -0.25) is 0 Å². The van der Waals surface area contributed by atoms with Crippen LogP contribution in [0.2, 0.25) is 0 Å². The van der Waals surface area contributed by atoms with Gasteiger partial charge in [0.15, 0.2) is 11.2 Å². The summed E-state index contributed by atoms with van der Waals surface area (Å²) in [6, 6.07) is 64.6. The molecule has 0 radical (unpaired) electrons. The Bertz CT molecular complexity index is 3390.